The zero-order chi connectivity index (χ0) is 34.3. The number of hydrogen-bond acceptors (Lipinski definition) is 13. The number of carboxylic acids is 1. The molecule has 8 heterocycles. The lowest BCUT2D eigenvalue weighted by Crippen LogP contribution is -2.70. The van der Waals surface area contributed by atoms with Crippen molar-refractivity contribution >= 4 is 11.7 Å². The van der Waals surface area contributed by atoms with Gasteiger partial charge in [-0.1, -0.05) is 32.9 Å². The molecule has 16 atom stereocenters. The van der Waals surface area contributed by atoms with Gasteiger partial charge in [-0.15, -0.1) is 0 Å². The normalized spacial score (nSPS) is 53.2. The third kappa shape index (κ3) is 5.59. The predicted molar refractivity (Wildman–Crippen MR) is 167 cm³/mol. The van der Waals surface area contributed by atoms with Crippen molar-refractivity contribution in [2.75, 3.05) is 19.8 Å². The summed E-state index contributed by atoms with van der Waals surface area (Å²) in [5.74, 6) is -1.46. The Bertz CT molecular complexity index is 1220. The maximum atomic E-state index is 11.3. The number of aliphatic carboxylic acids is 1. The first-order valence-electron chi connectivity index (χ1n) is 18.4. The minimum absolute atomic E-state index is 0.0153. The fraction of sp³-hybridized carbons (Fsp3) is 0.943. The Morgan fingerprint density at radius 3 is 1.59 bits per heavy atom. The highest BCUT2D eigenvalue weighted by molar-refractivity contribution is 5.86. The number of oxime groups is 1. The molecule has 2 aliphatic carbocycles. The van der Waals surface area contributed by atoms with Gasteiger partial charge >= 0.3 is 5.97 Å². The van der Waals surface area contributed by atoms with Crippen LogP contribution in [0.1, 0.15) is 92.9 Å². The molecule has 14 heteroatoms. The molecule has 14 nitrogen and oxygen atoms in total. The molecule has 49 heavy (non-hydrogen) atoms. The van der Waals surface area contributed by atoms with Crippen molar-refractivity contribution in [2.24, 2.45) is 52.5 Å². The summed E-state index contributed by atoms with van der Waals surface area (Å²) in [5.41, 5.74) is -1.04. The molecule has 2 spiro atoms. The summed E-state index contributed by atoms with van der Waals surface area (Å²) in [6.07, 6.45) is 4.77. The Morgan fingerprint density at radius 1 is 0.673 bits per heavy atom. The van der Waals surface area contributed by atoms with Gasteiger partial charge in [0.2, 0.25) is 18.2 Å². The van der Waals surface area contributed by atoms with E-state index < -0.39 is 60.5 Å². The summed E-state index contributed by atoms with van der Waals surface area (Å²) < 4.78 is 38.9. The Labute approximate surface area is 287 Å². The van der Waals surface area contributed by atoms with Gasteiger partial charge in [0.1, 0.15) is 5.71 Å². The first-order valence-corrected chi connectivity index (χ1v) is 18.4. The molecule has 8 saturated heterocycles. The summed E-state index contributed by atoms with van der Waals surface area (Å²) >= 11 is 0. The third-order valence-corrected chi connectivity index (χ3v) is 13.4. The molecule has 10 rings (SSSR count). The first kappa shape index (κ1) is 34.6. The molecule has 1 unspecified atom stereocenters. The van der Waals surface area contributed by atoms with Crippen LogP contribution in [0.15, 0.2) is 5.16 Å². The molecule has 0 aromatic rings. The number of ether oxygens (including phenoxy) is 6. The Kier molecular flexibility index (Phi) is 8.90. The predicted octanol–water partition coefficient (Wildman–Crippen LogP) is 4.89. The van der Waals surface area contributed by atoms with Crippen LogP contribution >= 0.6 is 0 Å². The molecular formula is C35H53NO13. The van der Waals surface area contributed by atoms with Gasteiger partial charge in [-0.2, -0.15) is 0 Å². The molecular weight excluding hydrogens is 642 g/mol. The zero-order valence-corrected chi connectivity index (χ0v) is 29.5. The van der Waals surface area contributed by atoms with E-state index in [1.807, 2.05) is 13.8 Å². The minimum Gasteiger partial charge on any atom is -0.479 e. The molecule has 10 fully saturated rings. The number of carbonyl (C=O) groups is 1. The van der Waals surface area contributed by atoms with Crippen LogP contribution in [-0.2, 0) is 57.6 Å². The highest BCUT2D eigenvalue weighted by atomic mass is 17.3. The second-order valence-electron chi connectivity index (χ2n) is 16.5. The molecule has 0 amide bonds. The lowest BCUT2D eigenvalue weighted by Gasteiger charge is -2.60. The Balaban J connectivity index is 0.975. The van der Waals surface area contributed by atoms with Crippen molar-refractivity contribution < 1.29 is 62.7 Å². The van der Waals surface area contributed by atoms with E-state index in [0.29, 0.717) is 17.5 Å². The van der Waals surface area contributed by atoms with Crippen molar-refractivity contribution in [3.05, 3.63) is 0 Å². The van der Waals surface area contributed by atoms with Crippen molar-refractivity contribution in [2.45, 2.75) is 141 Å². The molecule has 1 N–H and O–H groups in total. The van der Waals surface area contributed by atoms with Crippen LogP contribution in [0.2, 0.25) is 0 Å². The number of hydrogen-bond donors (Lipinski definition) is 1. The summed E-state index contributed by atoms with van der Waals surface area (Å²) in [7, 11) is 0. The largest absolute Gasteiger partial charge is 0.479 e. The molecule has 10 aliphatic rings. The smallest absolute Gasteiger partial charge is 0.344 e. The number of fused-ring (bicyclic) bond motifs is 4. The van der Waals surface area contributed by atoms with Crippen LogP contribution in [-0.4, -0.2) is 84.5 Å². The standard InChI is InChI=1S/C35H53NO13/c1-18-7-9-25-20(3)28(42-30-34(25)23(18)11-13-32(5,44-30)46-48-34)39-15-22(36-41-17-27(37)38)16-40-29-21(4)26-10-8-19(2)24-12-14-33(6)45-31(43-29)35(24,26)49-47-33/h18-21,23-26,28-31H,7-17H2,1-6H3,(H,37,38)/t18-,19-,20-,21-,23+,24+,25+,26+,28+,29+,30-,31?,32-,33-,34-,35-/m1/s1. The minimum atomic E-state index is -1.14. The van der Waals surface area contributed by atoms with Crippen molar-refractivity contribution in [3.8, 4) is 0 Å². The van der Waals surface area contributed by atoms with Crippen molar-refractivity contribution in [1.82, 2.24) is 0 Å². The van der Waals surface area contributed by atoms with E-state index in [-0.39, 0.29) is 48.7 Å². The van der Waals surface area contributed by atoms with Crippen LogP contribution in [0, 0.1) is 47.3 Å². The van der Waals surface area contributed by atoms with Crippen LogP contribution in [0.25, 0.3) is 0 Å². The SMILES string of the molecule is C[C@H]1[C@@H](OCC(CO[C@H]2O[C@@H]3O[C@@]4(C)CC[C@H]5[C@H](C)CC[C@@H]([C@H]2C)[C@@]35OO4)=NOCC(=O)O)OC2O[C@@]3(C)CC[C@H]4[C@H](C)CC[C@@H]1[C@@]24OO3. The summed E-state index contributed by atoms with van der Waals surface area (Å²) in [6.45, 7) is 11.9. The van der Waals surface area contributed by atoms with E-state index >= 15 is 0 Å². The molecule has 0 aromatic carbocycles. The highest BCUT2D eigenvalue weighted by Crippen LogP contribution is 2.62. The van der Waals surface area contributed by atoms with E-state index in [2.05, 4.69) is 32.9 Å². The quantitative estimate of drug-likeness (QED) is 0.198. The number of rotatable bonds is 9. The van der Waals surface area contributed by atoms with E-state index in [9.17, 15) is 9.90 Å². The number of nitrogens with zero attached hydrogens (tertiary/aromatic N) is 1. The molecule has 0 aromatic heterocycles. The van der Waals surface area contributed by atoms with Gasteiger partial charge in [0, 0.05) is 36.5 Å². The lowest BCUT2D eigenvalue weighted by molar-refractivity contribution is -0.577. The summed E-state index contributed by atoms with van der Waals surface area (Å²) in [5, 5.41) is 13.3. The van der Waals surface area contributed by atoms with Gasteiger partial charge < -0.3 is 38.4 Å². The Hall–Kier alpha value is -1.46. The second-order valence-corrected chi connectivity index (χ2v) is 16.5. The van der Waals surface area contributed by atoms with Crippen molar-refractivity contribution in [1.29, 1.82) is 0 Å². The summed E-state index contributed by atoms with van der Waals surface area (Å²) in [6, 6.07) is 0. The van der Waals surface area contributed by atoms with Gasteiger partial charge in [-0.05, 0) is 76.0 Å². The topological polar surface area (TPSA) is 151 Å². The molecule has 8 aliphatic heterocycles. The van der Waals surface area contributed by atoms with Gasteiger partial charge in [0.15, 0.2) is 36.4 Å². The van der Waals surface area contributed by atoms with Gasteiger partial charge in [0.05, 0.1) is 13.2 Å². The molecule has 4 bridgehead atoms. The van der Waals surface area contributed by atoms with Crippen LogP contribution in [0.3, 0.4) is 0 Å². The average Bonchev–Trinajstić information content (AvgIpc) is 3.43. The average molecular weight is 696 g/mol. The summed E-state index contributed by atoms with van der Waals surface area (Å²) in [4.78, 5) is 40.8. The Morgan fingerprint density at radius 2 is 1.14 bits per heavy atom. The van der Waals surface area contributed by atoms with E-state index in [0.717, 1.165) is 51.4 Å². The first-order chi connectivity index (χ1) is 23.4. The molecule has 0 radical (unpaired) electrons. The maximum Gasteiger partial charge on any atom is 0.344 e. The fourth-order valence-corrected chi connectivity index (χ4v) is 10.8. The van der Waals surface area contributed by atoms with Crippen LogP contribution in [0.5, 0.6) is 0 Å². The van der Waals surface area contributed by atoms with Gasteiger partial charge in [-0.25, -0.2) is 24.3 Å². The molecule has 2 saturated carbocycles. The lowest BCUT2D eigenvalue weighted by atomic mass is 9.58. The molecule has 276 valence electrons. The third-order valence-electron chi connectivity index (χ3n) is 13.4. The van der Waals surface area contributed by atoms with Gasteiger partial charge in [0.25, 0.3) is 0 Å². The maximum absolute atomic E-state index is 11.3. The monoisotopic (exact) mass is 695 g/mol. The van der Waals surface area contributed by atoms with Crippen LogP contribution in [0.4, 0.5) is 0 Å². The number of carboxylic acid groups (broad SMARTS) is 1. The van der Waals surface area contributed by atoms with E-state index in [1.54, 1.807) is 0 Å². The van der Waals surface area contributed by atoms with Gasteiger partial charge in [-0.3, -0.25) is 0 Å². The van der Waals surface area contributed by atoms with E-state index in [4.69, 9.17) is 52.8 Å². The van der Waals surface area contributed by atoms with E-state index in [1.165, 1.54) is 0 Å². The van der Waals surface area contributed by atoms with Crippen LogP contribution < -0.4 is 0 Å². The fourth-order valence-electron chi connectivity index (χ4n) is 10.8. The second kappa shape index (κ2) is 12.6. The highest BCUT2D eigenvalue weighted by Gasteiger charge is 2.71. The van der Waals surface area contributed by atoms with Crippen molar-refractivity contribution in [3.63, 3.8) is 0 Å². The zero-order valence-electron chi connectivity index (χ0n) is 29.5.